The SMILES string of the molecule is CCC1(CNC(=O)NC(CCO)CSC)CCCC1. The molecule has 1 unspecified atom stereocenters. The van der Waals surface area contributed by atoms with Gasteiger partial charge in [-0.05, 0) is 37.4 Å². The first-order valence-corrected chi connectivity index (χ1v) is 8.69. The molecule has 1 atom stereocenters. The number of hydrogen-bond donors (Lipinski definition) is 3. The van der Waals surface area contributed by atoms with E-state index in [1.165, 1.54) is 25.7 Å². The van der Waals surface area contributed by atoms with Gasteiger partial charge in [-0.2, -0.15) is 11.8 Å². The van der Waals surface area contributed by atoms with Gasteiger partial charge in [0.25, 0.3) is 0 Å². The number of carbonyl (C=O) groups excluding carboxylic acids is 1. The van der Waals surface area contributed by atoms with Gasteiger partial charge in [-0.1, -0.05) is 19.8 Å². The van der Waals surface area contributed by atoms with E-state index in [9.17, 15) is 4.79 Å². The maximum atomic E-state index is 11.9. The molecule has 0 saturated heterocycles. The molecule has 1 aliphatic carbocycles. The monoisotopic (exact) mass is 288 g/mol. The minimum absolute atomic E-state index is 0.0566. The molecule has 0 radical (unpaired) electrons. The Balaban J connectivity index is 2.33. The molecule has 0 spiro atoms. The fourth-order valence-corrected chi connectivity index (χ4v) is 3.49. The van der Waals surface area contributed by atoms with E-state index in [1.54, 1.807) is 11.8 Å². The predicted octanol–water partition coefficient (Wildman–Crippen LogP) is 2.37. The molecule has 0 aromatic carbocycles. The first-order chi connectivity index (χ1) is 9.15. The number of rotatable bonds is 8. The predicted molar refractivity (Wildman–Crippen MR) is 81.6 cm³/mol. The fourth-order valence-electron chi connectivity index (χ4n) is 2.84. The Morgan fingerprint density at radius 3 is 2.63 bits per heavy atom. The van der Waals surface area contributed by atoms with Gasteiger partial charge in [-0.3, -0.25) is 0 Å². The van der Waals surface area contributed by atoms with Crippen LogP contribution in [0.4, 0.5) is 4.79 Å². The summed E-state index contributed by atoms with van der Waals surface area (Å²) in [6.07, 6.45) is 8.80. The smallest absolute Gasteiger partial charge is 0.315 e. The van der Waals surface area contributed by atoms with Crippen molar-refractivity contribution in [3.8, 4) is 0 Å². The summed E-state index contributed by atoms with van der Waals surface area (Å²) >= 11 is 1.69. The van der Waals surface area contributed by atoms with Gasteiger partial charge in [0.05, 0.1) is 0 Å². The van der Waals surface area contributed by atoms with E-state index >= 15 is 0 Å². The van der Waals surface area contributed by atoms with E-state index in [1.807, 2.05) is 6.26 Å². The summed E-state index contributed by atoms with van der Waals surface area (Å²) in [6, 6.07) is -0.0339. The Kier molecular flexibility index (Phi) is 7.61. The van der Waals surface area contributed by atoms with Crippen LogP contribution in [0.25, 0.3) is 0 Å². The highest BCUT2D eigenvalue weighted by Gasteiger charge is 2.32. The first-order valence-electron chi connectivity index (χ1n) is 7.30. The molecule has 0 aromatic heterocycles. The summed E-state index contributed by atoms with van der Waals surface area (Å²) < 4.78 is 0. The molecule has 0 heterocycles. The number of aliphatic hydroxyl groups is 1. The zero-order chi connectivity index (χ0) is 14.1. The molecule has 4 nitrogen and oxygen atoms in total. The molecule has 112 valence electrons. The van der Waals surface area contributed by atoms with Crippen LogP contribution < -0.4 is 10.6 Å². The molecular weight excluding hydrogens is 260 g/mol. The molecule has 3 N–H and O–H groups in total. The molecule has 0 aliphatic heterocycles. The quantitative estimate of drug-likeness (QED) is 0.642. The number of hydrogen-bond acceptors (Lipinski definition) is 3. The second kappa shape index (κ2) is 8.69. The number of thioether (sulfide) groups is 1. The van der Waals surface area contributed by atoms with E-state index in [0.717, 1.165) is 18.7 Å². The average molecular weight is 288 g/mol. The zero-order valence-electron chi connectivity index (χ0n) is 12.2. The van der Waals surface area contributed by atoms with Crippen molar-refractivity contribution in [1.29, 1.82) is 0 Å². The zero-order valence-corrected chi connectivity index (χ0v) is 13.0. The van der Waals surface area contributed by atoms with Gasteiger partial charge >= 0.3 is 6.03 Å². The highest BCUT2D eigenvalue weighted by Crippen LogP contribution is 2.40. The Morgan fingerprint density at radius 1 is 1.42 bits per heavy atom. The van der Waals surface area contributed by atoms with E-state index < -0.39 is 0 Å². The van der Waals surface area contributed by atoms with Crippen molar-refractivity contribution in [1.82, 2.24) is 10.6 Å². The van der Waals surface area contributed by atoms with Crippen LogP contribution in [0.5, 0.6) is 0 Å². The standard InChI is InChI=1S/C14H28N2O2S/c1-3-14(7-4-5-8-14)11-15-13(18)16-12(6-9-17)10-19-2/h12,17H,3-11H2,1-2H3,(H2,15,16,18). The lowest BCUT2D eigenvalue weighted by Crippen LogP contribution is -2.46. The molecule has 1 saturated carbocycles. The van der Waals surface area contributed by atoms with Crippen molar-refractivity contribution in [2.24, 2.45) is 5.41 Å². The first kappa shape index (κ1) is 16.6. The van der Waals surface area contributed by atoms with Crippen molar-refractivity contribution in [3.05, 3.63) is 0 Å². The average Bonchev–Trinajstić information content (AvgIpc) is 2.86. The molecule has 1 aliphatic rings. The van der Waals surface area contributed by atoms with Gasteiger partial charge in [0.15, 0.2) is 0 Å². The van der Waals surface area contributed by atoms with E-state index in [2.05, 4.69) is 17.6 Å². The van der Waals surface area contributed by atoms with Crippen molar-refractivity contribution in [3.63, 3.8) is 0 Å². The molecule has 19 heavy (non-hydrogen) atoms. The molecule has 1 rings (SSSR count). The maximum absolute atomic E-state index is 11.9. The summed E-state index contributed by atoms with van der Waals surface area (Å²) in [6.45, 7) is 3.11. The molecule has 2 amide bonds. The van der Waals surface area contributed by atoms with Crippen LogP contribution in [0, 0.1) is 5.41 Å². The summed E-state index contributed by atoms with van der Waals surface area (Å²) in [7, 11) is 0. The van der Waals surface area contributed by atoms with E-state index in [0.29, 0.717) is 11.8 Å². The Labute approximate surface area is 121 Å². The lowest BCUT2D eigenvalue weighted by atomic mass is 9.83. The number of aliphatic hydroxyl groups excluding tert-OH is 1. The van der Waals surface area contributed by atoms with Crippen LogP contribution >= 0.6 is 11.8 Å². The number of amides is 2. The Bertz CT molecular complexity index is 262. The van der Waals surface area contributed by atoms with Gasteiger partial charge in [0, 0.05) is 24.9 Å². The highest BCUT2D eigenvalue weighted by molar-refractivity contribution is 7.98. The summed E-state index contributed by atoms with van der Waals surface area (Å²) in [4.78, 5) is 11.9. The fraction of sp³-hybridized carbons (Fsp3) is 0.929. The molecule has 0 bridgehead atoms. The minimum atomic E-state index is -0.0905. The lowest BCUT2D eigenvalue weighted by Gasteiger charge is -2.28. The molecule has 0 aromatic rings. The topological polar surface area (TPSA) is 61.4 Å². The van der Waals surface area contributed by atoms with Crippen LogP contribution in [0.2, 0.25) is 0 Å². The summed E-state index contributed by atoms with van der Waals surface area (Å²) in [5.41, 5.74) is 0.323. The van der Waals surface area contributed by atoms with Crippen molar-refractivity contribution in [2.75, 3.05) is 25.2 Å². The van der Waals surface area contributed by atoms with Crippen molar-refractivity contribution in [2.45, 2.75) is 51.5 Å². The van der Waals surface area contributed by atoms with Crippen molar-refractivity contribution >= 4 is 17.8 Å². The van der Waals surface area contributed by atoms with Crippen LogP contribution in [0.15, 0.2) is 0 Å². The lowest BCUT2D eigenvalue weighted by molar-refractivity contribution is 0.218. The van der Waals surface area contributed by atoms with E-state index in [4.69, 9.17) is 5.11 Å². The highest BCUT2D eigenvalue weighted by atomic mass is 32.2. The molecular formula is C14H28N2O2S. The van der Waals surface area contributed by atoms with Gasteiger partial charge in [0.1, 0.15) is 0 Å². The number of nitrogens with one attached hydrogen (secondary N) is 2. The van der Waals surface area contributed by atoms with Gasteiger partial charge in [0.2, 0.25) is 0 Å². The van der Waals surface area contributed by atoms with Crippen LogP contribution in [0.1, 0.15) is 45.4 Å². The van der Waals surface area contributed by atoms with Crippen LogP contribution in [-0.2, 0) is 0 Å². The third-order valence-electron chi connectivity index (χ3n) is 4.22. The summed E-state index contributed by atoms with van der Waals surface area (Å²) in [5, 5.41) is 15.0. The number of urea groups is 1. The maximum Gasteiger partial charge on any atom is 0.315 e. The Morgan fingerprint density at radius 2 is 2.11 bits per heavy atom. The van der Waals surface area contributed by atoms with Crippen LogP contribution in [0.3, 0.4) is 0 Å². The minimum Gasteiger partial charge on any atom is -0.396 e. The van der Waals surface area contributed by atoms with Crippen molar-refractivity contribution < 1.29 is 9.90 Å². The van der Waals surface area contributed by atoms with Gasteiger partial charge in [-0.15, -0.1) is 0 Å². The van der Waals surface area contributed by atoms with E-state index in [-0.39, 0.29) is 18.7 Å². The second-order valence-electron chi connectivity index (χ2n) is 5.55. The molecule has 1 fully saturated rings. The van der Waals surface area contributed by atoms with Gasteiger partial charge < -0.3 is 15.7 Å². The van der Waals surface area contributed by atoms with Gasteiger partial charge in [-0.25, -0.2) is 4.79 Å². The second-order valence-corrected chi connectivity index (χ2v) is 6.46. The summed E-state index contributed by atoms with van der Waals surface area (Å²) in [5.74, 6) is 0.840. The third-order valence-corrected chi connectivity index (χ3v) is 4.95. The van der Waals surface area contributed by atoms with Crippen LogP contribution in [-0.4, -0.2) is 42.3 Å². The Hall–Kier alpha value is -0.420. The number of carbonyl (C=O) groups is 1. The molecule has 5 heteroatoms. The largest absolute Gasteiger partial charge is 0.396 e. The normalized spacial score (nSPS) is 19.1. The third kappa shape index (κ3) is 5.61.